The van der Waals surface area contributed by atoms with Gasteiger partial charge in [0.05, 0.1) is 5.69 Å². The zero-order valence-electron chi connectivity index (χ0n) is 14.5. The minimum absolute atomic E-state index is 0.201. The van der Waals surface area contributed by atoms with Crippen LogP contribution in [0.3, 0.4) is 0 Å². The summed E-state index contributed by atoms with van der Waals surface area (Å²) in [5, 5.41) is 7.62. The number of rotatable bonds is 6. The largest absolute Gasteiger partial charge is 0.478 e. The first-order valence-electron chi connectivity index (χ1n) is 8.15. The van der Waals surface area contributed by atoms with Gasteiger partial charge in [0.25, 0.3) is 5.91 Å². The summed E-state index contributed by atoms with van der Waals surface area (Å²) < 4.78 is 5.82. The summed E-state index contributed by atoms with van der Waals surface area (Å²) in [6, 6.07) is 12.8. The second kappa shape index (κ2) is 7.89. The molecule has 3 aromatic rings. The topological polar surface area (TPSA) is 51.2 Å². The summed E-state index contributed by atoms with van der Waals surface area (Å²) in [4.78, 5) is 17.1. The van der Waals surface area contributed by atoms with Crippen LogP contribution in [0.5, 0.6) is 5.75 Å². The molecule has 134 valence electrons. The van der Waals surface area contributed by atoms with E-state index in [2.05, 4.69) is 10.3 Å². The van der Waals surface area contributed by atoms with Gasteiger partial charge in [-0.3, -0.25) is 9.78 Å². The predicted octanol–water partition coefficient (Wildman–Crippen LogP) is 4.94. The van der Waals surface area contributed by atoms with E-state index in [0.717, 1.165) is 16.8 Å². The standard InChI is InChI=1S/C20H19ClN2O2S/c1-20(2,25-17-7-5-16(21)6-8-17)19(24)23-12-14-4-3-10-22-18(14)15-9-11-26-13-15/h3-11,13H,12H2,1-2H3,(H,23,24). The lowest BCUT2D eigenvalue weighted by molar-refractivity contribution is -0.134. The van der Waals surface area contributed by atoms with Crippen LogP contribution in [0.2, 0.25) is 5.02 Å². The fourth-order valence-corrected chi connectivity index (χ4v) is 3.24. The van der Waals surface area contributed by atoms with Crippen molar-refractivity contribution in [3.05, 3.63) is 70.0 Å². The maximum Gasteiger partial charge on any atom is 0.263 e. The Labute approximate surface area is 161 Å². The SMILES string of the molecule is CC(C)(Oc1ccc(Cl)cc1)C(=O)NCc1cccnc1-c1ccsc1. The molecule has 0 fully saturated rings. The summed E-state index contributed by atoms with van der Waals surface area (Å²) >= 11 is 7.50. The van der Waals surface area contributed by atoms with Gasteiger partial charge in [0.2, 0.25) is 0 Å². The van der Waals surface area contributed by atoms with E-state index in [4.69, 9.17) is 16.3 Å². The van der Waals surface area contributed by atoms with Crippen molar-refractivity contribution in [1.29, 1.82) is 0 Å². The maximum absolute atomic E-state index is 12.6. The summed E-state index contributed by atoms with van der Waals surface area (Å²) in [6.45, 7) is 3.85. The minimum Gasteiger partial charge on any atom is -0.478 e. The molecule has 0 unspecified atom stereocenters. The van der Waals surface area contributed by atoms with Crippen molar-refractivity contribution in [2.75, 3.05) is 0 Å². The number of pyridine rings is 1. The fourth-order valence-electron chi connectivity index (χ4n) is 2.47. The molecule has 0 radical (unpaired) electrons. The first-order valence-corrected chi connectivity index (χ1v) is 9.47. The molecule has 2 aromatic heterocycles. The maximum atomic E-state index is 12.6. The van der Waals surface area contributed by atoms with Gasteiger partial charge in [0, 0.05) is 28.7 Å². The van der Waals surface area contributed by atoms with Crippen molar-refractivity contribution in [2.24, 2.45) is 0 Å². The molecule has 1 aromatic carbocycles. The number of carbonyl (C=O) groups is 1. The molecule has 0 atom stereocenters. The van der Waals surface area contributed by atoms with E-state index < -0.39 is 5.60 Å². The monoisotopic (exact) mass is 386 g/mol. The molecule has 0 saturated heterocycles. The fraction of sp³-hybridized carbons (Fsp3) is 0.200. The predicted molar refractivity (Wildman–Crippen MR) is 106 cm³/mol. The van der Waals surface area contributed by atoms with E-state index in [1.54, 1.807) is 55.6 Å². The van der Waals surface area contributed by atoms with Crippen molar-refractivity contribution in [3.8, 4) is 17.0 Å². The number of hydrogen-bond acceptors (Lipinski definition) is 4. The molecule has 26 heavy (non-hydrogen) atoms. The van der Waals surface area contributed by atoms with Gasteiger partial charge < -0.3 is 10.1 Å². The number of aromatic nitrogens is 1. The molecule has 0 aliphatic carbocycles. The van der Waals surface area contributed by atoms with Crippen LogP contribution in [-0.4, -0.2) is 16.5 Å². The van der Waals surface area contributed by atoms with Crippen LogP contribution in [0.25, 0.3) is 11.3 Å². The highest BCUT2D eigenvalue weighted by molar-refractivity contribution is 7.08. The second-order valence-electron chi connectivity index (χ2n) is 6.27. The molecule has 0 aliphatic rings. The molecule has 0 saturated carbocycles. The third-order valence-corrected chi connectivity index (χ3v) is 4.79. The van der Waals surface area contributed by atoms with Crippen LogP contribution < -0.4 is 10.1 Å². The Morgan fingerprint density at radius 3 is 2.69 bits per heavy atom. The number of hydrogen-bond donors (Lipinski definition) is 1. The Bertz CT molecular complexity index is 877. The quantitative estimate of drug-likeness (QED) is 0.653. The molecule has 1 amide bonds. The first kappa shape index (κ1) is 18.4. The van der Waals surface area contributed by atoms with E-state index in [9.17, 15) is 4.79 Å². The van der Waals surface area contributed by atoms with Crippen molar-refractivity contribution in [1.82, 2.24) is 10.3 Å². The second-order valence-corrected chi connectivity index (χ2v) is 7.49. The van der Waals surface area contributed by atoms with Gasteiger partial charge in [-0.05, 0) is 61.2 Å². The van der Waals surface area contributed by atoms with E-state index >= 15 is 0 Å². The highest BCUT2D eigenvalue weighted by Gasteiger charge is 2.29. The molecule has 1 N–H and O–H groups in total. The number of ether oxygens (including phenoxy) is 1. The Kier molecular flexibility index (Phi) is 5.59. The Balaban J connectivity index is 1.68. The number of nitrogens with one attached hydrogen (secondary N) is 1. The summed E-state index contributed by atoms with van der Waals surface area (Å²) in [5.41, 5.74) is 1.88. The number of amides is 1. The molecule has 0 aliphatic heterocycles. The first-order chi connectivity index (χ1) is 12.5. The number of carbonyl (C=O) groups excluding carboxylic acids is 1. The third kappa shape index (κ3) is 4.42. The smallest absolute Gasteiger partial charge is 0.263 e. The minimum atomic E-state index is -1.02. The van der Waals surface area contributed by atoms with Crippen molar-refractivity contribution in [3.63, 3.8) is 0 Å². The number of thiophene rings is 1. The lowest BCUT2D eigenvalue weighted by Crippen LogP contribution is -2.46. The van der Waals surface area contributed by atoms with Gasteiger partial charge in [-0.1, -0.05) is 17.7 Å². The van der Waals surface area contributed by atoms with E-state index in [1.165, 1.54) is 0 Å². The molecular formula is C20H19ClN2O2S. The summed E-state index contributed by atoms with van der Waals surface area (Å²) in [6.07, 6.45) is 1.76. The molecule has 2 heterocycles. The van der Waals surface area contributed by atoms with Crippen LogP contribution >= 0.6 is 22.9 Å². The number of benzene rings is 1. The van der Waals surface area contributed by atoms with Crippen molar-refractivity contribution >= 4 is 28.8 Å². The average molecular weight is 387 g/mol. The van der Waals surface area contributed by atoms with E-state index in [1.807, 2.05) is 29.0 Å². The van der Waals surface area contributed by atoms with E-state index in [0.29, 0.717) is 17.3 Å². The average Bonchev–Trinajstić information content (AvgIpc) is 3.16. The summed E-state index contributed by atoms with van der Waals surface area (Å²) in [7, 11) is 0. The van der Waals surface area contributed by atoms with Crippen LogP contribution in [0.4, 0.5) is 0 Å². The molecule has 3 rings (SSSR count). The molecule has 4 nitrogen and oxygen atoms in total. The highest BCUT2D eigenvalue weighted by Crippen LogP contribution is 2.24. The summed E-state index contributed by atoms with van der Waals surface area (Å²) in [5.74, 6) is 0.391. The van der Waals surface area contributed by atoms with Crippen LogP contribution in [0.15, 0.2) is 59.4 Å². The van der Waals surface area contributed by atoms with Crippen molar-refractivity contribution < 1.29 is 9.53 Å². The lowest BCUT2D eigenvalue weighted by Gasteiger charge is -2.25. The van der Waals surface area contributed by atoms with Gasteiger partial charge in [-0.2, -0.15) is 11.3 Å². The van der Waals surface area contributed by atoms with Crippen molar-refractivity contribution in [2.45, 2.75) is 26.0 Å². The molecular weight excluding hydrogens is 368 g/mol. The Morgan fingerprint density at radius 2 is 2.00 bits per heavy atom. The number of halogens is 1. The lowest BCUT2D eigenvalue weighted by atomic mass is 10.1. The normalized spacial score (nSPS) is 11.2. The van der Waals surface area contributed by atoms with Gasteiger partial charge in [0.1, 0.15) is 5.75 Å². The van der Waals surface area contributed by atoms with Crippen LogP contribution in [0.1, 0.15) is 19.4 Å². The van der Waals surface area contributed by atoms with Crippen LogP contribution in [-0.2, 0) is 11.3 Å². The number of nitrogens with zero attached hydrogens (tertiary/aromatic N) is 1. The Morgan fingerprint density at radius 1 is 1.23 bits per heavy atom. The van der Waals surface area contributed by atoms with Gasteiger partial charge in [0.15, 0.2) is 5.60 Å². The van der Waals surface area contributed by atoms with E-state index in [-0.39, 0.29) is 5.91 Å². The molecule has 6 heteroatoms. The zero-order chi connectivity index (χ0) is 18.6. The van der Waals surface area contributed by atoms with Crippen LogP contribution in [0, 0.1) is 0 Å². The third-order valence-electron chi connectivity index (χ3n) is 3.86. The molecule has 0 bridgehead atoms. The zero-order valence-corrected chi connectivity index (χ0v) is 16.1. The van der Waals surface area contributed by atoms with Gasteiger partial charge in [-0.15, -0.1) is 0 Å². The highest BCUT2D eigenvalue weighted by atomic mass is 35.5. The van der Waals surface area contributed by atoms with Gasteiger partial charge >= 0.3 is 0 Å². The Hall–Kier alpha value is -2.37. The molecule has 0 spiro atoms. The van der Waals surface area contributed by atoms with Gasteiger partial charge in [-0.25, -0.2) is 0 Å².